The lowest BCUT2D eigenvalue weighted by atomic mass is 9.96. The topological polar surface area (TPSA) is 82.3 Å². The van der Waals surface area contributed by atoms with Crippen molar-refractivity contribution >= 4 is 5.96 Å². The molecule has 0 bridgehead atoms. The summed E-state index contributed by atoms with van der Waals surface area (Å²) >= 11 is 0. The molecular formula is C20H36N4O3. The minimum absolute atomic E-state index is 0.274. The van der Waals surface area contributed by atoms with Gasteiger partial charge in [0.05, 0.1) is 19.8 Å². The molecule has 0 aliphatic carbocycles. The largest absolute Gasteiger partial charge is 0.466 e. The number of nitrogens with one attached hydrogen (secondary N) is 2. The van der Waals surface area contributed by atoms with Crippen molar-refractivity contribution in [1.82, 2.24) is 15.5 Å². The van der Waals surface area contributed by atoms with Crippen molar-refractivity contribution in [3.8, 4) is 0 Å². The molecular weight excluding hydrogens is 344 g/mol. The fourth-order valence-corrected chi connectivity index (χ4v) is 3.32. The van der Waals surface area contributed by atoms with Crippen LogP contribution in [0.15, 0.2) is 15.5 Å². The SMILES string of the molecule is CCNC(=NCC(C)(O)c1cc(C)oc1C)NCCCCN1CCOCC1. The van der Waals surface area contributed by atoms with E-state index in [9.17, 15) is 5.11 Å². The van der Waals surface area contributed by atoms with Gasteiger partial charge in [-0.2, -0.15) is 0 Å². The highest BCUT2D eigenvalue weighted by atomic mass is 16.5. The number of hydrogen-bond donors (Lipinski definition) is 3. The van der Waals surface area contributed by atoms with E-state index in [1.807, 2.05) is 26.8 Å². The first-order valence-electron chi connectivity index (χ1n) is 10.0. The molecule has 0 saturated carbocycles. The van der Waals surface area contributed by atoms with Crippen LogP contribution in [0.5, 0.6) is 0 Å². The molecule has 1 saturated heterocycles. The van der Waals surface area contributed by atoms with Gasteiger partial charge in [0.2, 0.25) is 0 Å². The Labute approximate surface area is 163 Å². The molecule has 1 aromatic heterocycles. The van der Waals surface area contributed by atoms with E-state index in [4.69, 9.17) is 9.15 Å². The summed E-state index contributed by atoms with van der Waals surface area (Å²) in [6.45, 7) is 14.4. The molecule has 7 nitrogen and oxygen atoms in total. The monoisotopic (exact) mass is 380 g/mol. The maximum Gasteiger partial charge on any atom is 0.191 e. The second-order valence-electron chi connectivity index (χ2n) is 7.38. The van der Waals surface area contributed by atoms with Crippen molar-refractivity contribution in [3.63, 3.8) is 0 Å². The minimum Gasteiger partial charge on any atom is -0.466 e. The summed E-state index contributed by atoms with van der Waals surface area (Å²) in [4.78, 5) is 7.03. The van der Waals surface area contributed by atoms with Gasteiger partial charge in [-0.1, -0.05) is 0 Å². The number of ether oxygens (including phenoxy) is 1. The molecule has 1 atom stereocenters. The van der Waals surface area contributed by atoms with Crippen LogP contribution in [0.1, 0.15) is 43.8 Å². The van der Waals surface area contributed by atoms with Crippen molar-refractivity contribution in [3.05, 3.63) is 23.2 Å². The van der Waals surface area contributed by atoms with E-state index in [2.05, 4.69) is 20.5 Å². The molecule has 3 N–H and O–H groups in total. The van der Waals surface area contributed by atoms with Crippen LogP contribution in [0.25, 0.3) is 0 Å². The summed E-state index contributed by atoms with van der Waals surface area (Å²) in [6, 6.07) is 1.89. The number of furan rings is 1. The van der Waals surface area contributed by atoms with Crippen LogP contribution < -0.4 is 10.6 Å². The number of rotatable bonds is 9. The van der Waals surface area contributed by atoms with Crippen molar-refractivity contribution in [1.29, 1.82) is 0 Å². The van der Waals surface area contributed by atoms with Crippen molar-refractivity contribution in [2.24, 2.45) is 4.99 Å². The molecule has 0 spiro atoms. The van der Waals surface area contributed by atoms with E-state index in [1.54, 1.807) is 6.92 Å². The lowest BCUT2D eigenvalue weighted by molar-refractivity contribution is 0.0372. The molecule has 0 amide bonds. The predicted molar refractivity (Wildman–Crippen MR) is 108 cm³/mol. The Morgan fingerprint density at radius 3 is 2.63 bits per heavy atom. The van der Waals surface area contributed by atoms with Crippen LogP contribution in [-0.4, -0.2) is 68.4 Å². The third-order valence-corrected chi connectivity index (χ3v) is 4.81. The van der Waals surface area contributed by atoms with Gasteiger partial charge in [0, 0.05) is 31.7 Å². The van der Waals surface area contributed by atoms with Crippen molar-refractivity contribution in [2.45, 2.75) is 46.1 Å². The molecule has 1 unspecified atom stereocenters. The van der Waals surface area contributed by atoms with E-state index >= 15 is 0 Å². The minimum atomic E-state index is -1.06. The van der Waals surface area contributed by atoms with E-state index in [0.717, 1.165) is 81.8 Å². The van der Waals surface area contributed by atoms with E-state index in [1.165, 1.54) is 0 Å². The highest BCUT2D eigenvalue weighted by molar-refractivity contribution is 5.79. The second-order valence-corrected chi connectivity index (χ2v) is 7.38. The first-order chi connectivity index (χ1) is 12.9. The maximum absolute atomic E-state index is 10.8. The van der Waals surface area contributed by atoms with Gasteiger partial charge >= 0.3 is 0 Å². The highest BCUT2D eigenvalue weighted by Crippen LogP contribution is 2.27. The molecule has 2 heterocycles. The number of unbranched alkanes of at least 4 members (excludes halogenated alkanes) is 1. The number of guanidine groups is 1. The smallest absolute Gasteiger partial charge is 0.191 e. The second kappa shape index (κ2) is 10.7. The van der Waals surface area contributed by atoms with E-state index in [0.29, 0.717) is 0 Å². The summed E-state index contributed by atoms with van der Waals surface area (Å²) in [5.41, 5.74) is -0.259. The van der Waals surface area contributed by atoms with Crippen LogP contribution in [0.2, 0.25) is 0 Å². The van der Waals surface area contributed by atoms with Gasteiger partial charge in [-0.25, -0.2) is 4.99 Å². The number of aliphatic hydroxyl groups is 1. The molecule has 0 aromatic carbocycles. The van der Waals surface area contributed by atoms with Crippen LogP contribution in [-0.2, 0) is 10.3 Å². The predicted octanol–water partition coefficient (Wildman–Crippen LogP) is 1.77. The van der Waals surface area contributed by atoms with Gasteiger partial charge in [-0.15, -0.1) is 0 Å². The fourth-order valence-electron chi connectivity index (χ4n) is 3.32. The van der Waals surface area contributed by atoms with Crippen molar-refractivity contribution in [2.75, 3.05) is 52.5 Å². The van der Waals surface area contributed by atoms with Gasteiger partial charge in [0.15, 0.2) is 5.96 Å². The van der Waals surface area contributed by atoms with Crippen LogP contribution in [0, 0.1) is 13.8 Å². The van der Waals surface area contributed by atoms with E-state index in [-0.39, 0.29) is 6.54 Å². The Morgan fingerprint density at radius 2 is 2.00 bits per heavy atom. The van der Waals surface area contributed by atoms with Crippen LogP contribution in [0.3, 0.4) is 0 Å². The number of nitrogens with zero attached hydrogens (tertiary/aromatic N) is 2. The third kappa shape index (κ3) is 7.16. The van der Waals surface area contributed by atoms with Gasteiger partial charge in [0.25, 0.3) is 0 Å². The molecule has 0 radical (unpaired) electrons. The Kier molecular flexibility index (Phi) is 8.60. The summed E-state index contributed by atoms with van der Waals surface area (Å²) in [5, 5.41) is 17.4. The Balaban J connectivity index is 1.78. The molecule has 7 heteroatoms. The summed E-state index contributed by atoms with van der Waals surface area (Å²) < 4.78 is 10.9. The Hall–Kier alpha value is -1.57. The zero-order valence-electron chi connectivity index (χ0n) is 17.3. The fraction of sp³-hybridized carbons (Fsp3) is 0.750. The van der Waals surface area contributed by atoms with E-state index < -0.39 is 5.60 Å². The van der Waals surface area contributed by atoms with Crippen LogP contribution >= 0.6 is 0 Å². The first-order valence-corrected chi connectivity index (χ1v) is 10.0. The first kappa shape index (κ1) is 21.7. The van der Waals surface area contributed by atoms with Gasteiger partial charge in [-0.05, 0) is 53.1 Å². The lowest BCUT2D eigenvalue weighted by Crippen LogP contribution is -2.40. The van der Waals surface area contributed by atoms with Gasteiger partial charge < -0.3 is 24.9 Å². The molecule has 2 rings (SSSR count). The Morgan fingerprint density at radius 1 is 1.26 bits per heavy atom. The normalized spacial score (nSPS) is 18.3. The molecule has 1 fully saturated rings. The lowest BCUT2D eigenvalue weighted by Gasteiger charge is -2.26. The van der Waals surface area contributed by atoms with Gasteiger partial charge in [-0.3, -0.25) is 4.90 Å². The zero-order valence-corrected chi connectivity index (χ0v) is 17.3. The molecule has 154 valence electrons. The molecule has 1 aliphatic heterocycles. The quantitative estimate of drug-likeness (QED) is 0.344. The molecule has 1 aliphatic rings. The number of aryl methyl sites for hydroxylation is 2. The van der Waals surface area contributed by atoms with Crippen LogP contribution in [0.4, 0.5) is 0 Å². The maximum atomic E-state index is 10.8. The summed E-state index contributed by atoms with van der Waals surface area (Å²) in [5.74, 6) is 2.29. The number of hydrogen-bond acceptors (Lipinski definition) is 5. The van der Waals surface area contributed by atoms with Gasteiger partial charge in [0.1, 0.15) is 17.1 Å². The zero-order chi connectivity index (χ0) is 19.7. The third-order valence-electron chi connectivity index (χ3n) is 4.81. The Bertz CT molecular complexity index is 592. The highest BCUT2D eigenvalue weighted by Gasteiger charge is 2.27. The standard InChI is InChI=1S/C20H36N4O3/c1-5-21-19(22-8-6-7-9-24-10-12-26-13-11-24)23-15-20(4,25)18-14-16(2)27-17(18)3/h14,25H,5-13,15H2,1-4H3,(H2,21,22,23). The summed E-state index contributed by atoms with van der Waals surface area (Å²) in [7, 11) is 0. The number of morpholine rings is 1. The number of aliphatic imine (C=N–C) groups is 1. The average Bonchev–Trinajstić information content (AvgIpc) is 2.99. The summed E-state index contributed by atoms with van der Waals surface area (Å²) in [6.07, 6.45) is 2.23. The average molecular weight is 381 g/mol. The molecule has 1 aromatic rings. The molecule has 27 heavy (non-hydrogen) atoms. The van der Waals surface area contributed by atoms with Crippen molar-refractivity contribution < 1.29 is 14.3 Å².